The minimum absolute atomic E-state index is 0.0354. The summed E-state index contributed by atoms with van der Waals surface area (Å²) in [5, 5.41) is 11.4. The Hall–Kier alpha value is -2.64. The number of amides is 1. The van der Waals surface area contributed by atoms with Gasteiger partial charge < -0.3 is 11.1 Å². The van der Waals surface area contributed by atoms with Gasteiger partial charge in [-0.1, -0.05) is 62.4 Å². The van der Waals surface area contributed by atoms with E-state index in [4.69, 9.17) is 11.0 Å². The van der Waals surface area contributed by atoms with Crippen LogP contribution in [0.4, 0.5) is 0 Å². The number of carbonyl (C=O) groups is 1. The van der Waals surface area contributed by atoms with E-state index >= 15 is 0 Å². The molecule has 0 bridgehead atoms. The second-order valence-electron chi connectivity index (χ2n) is 6.58. The van der Waals surface area contributed by atoms with E-state index in [2.05, 4.69) is 37.4 Å². The zero-order valence-corrected chi connectivity index (χ0v) is 14.8. The van der Waals surface area contributed by atoms with Crippen LogP contribution in [-0.4, -0.2) is 12.5 Å². The molecule has 1 atom stereocenters. The topological polar surface area (TPSA) is 78.9 Å². The first-order valence-electron chi connectivity index (χ1n) is 8.59. The van der Waals surface area contributed by atoms with Crippen molar-refractivity contribution in [3.05, 3.63) is 59.7 Å². The Morgan fingerprint density at radius 3 is 2.48 bits per heavy atom. The maximum Gasteiger partial charge on any atom is 0.228 e. The molecule has 2 aromatic rings. The van der Waals surface area contributed by atoms with E-state index in [0.29, 0.717) is 12.5 Å². The number of nitrogens with zero attached hydrogens (tertiary/aromatic N) is 1. The summed E-state index contributed by atoms with van der Waals surface area (Å²) in [7, 11) is 0. The third-order valence-electron chi connectivity index (χ3n) is 4.18. The Morgan fingerprint density at radius 2 is 1.88 bits per heavy atom. The first kappa shape index (κ1) is 18.7. The molecule has 0 unspecified atom stereocenters. The average Bonchev–Trinajstić information content (AvgIpc) is 2.64. The molecule has 2 aromatic carbocycles. The van der Waals surface area contributed by atoms with Crippen LogP contribution in [0, 0.1) is 17.2 Å². The van der Waals surface area contributed by atoms with Gasteiger partial charge in [-0.15, -0.1) is 0 Å². The van der Waals surface area contributed by atoms with Gasteiger partial charge in [0.25, 0.3) is 0 Å². The van der Waals surface area contributed by atoms with Gasteiger partial charge in [-0.2, -0.15) is 5.26 Å². The van der Waals surface area contributed by atoms with Gasteiger partial charge in [0.05, 0.1) is 12.0 Å². The van der Waals surface area contributed by atoms with Crippen molar-refractivity contribution in [1.29, 1.82) is 5.26 Å². The fraction of sp³-hybridized carbons (Fsp3) is 0.333. The van der Waals surface area contributed by atoms with Gasteiger partial charge in [-0.05, 0) is 34.6 Å². The quantitative estimate of drug-likeness (QED) is 0.759. The molecule has 0 saturated heterocycles. The molecule has 0 radical (unpaired) electrons. The second kappa shape index (κ2) is 9.00. The molecule has 0 heterocycles. The molecule has 0 aliphatic carbocycles. The van der Waals surface area contributed by atoms with Crippen molar-refractivity contribution in [2.24, 2.45) is 11.7 Å². The molecule has 0 fully saturated rings. The van der Waals surface area contributed by atoms with Crippen molar-refractivity contribution in [2.75, 3.05) is 6.54 Å². The van der Waals surface area contributed by atoms with Crippen LogP contribution < -0.4 is 11.1 Å². The number of nitrogens with two attached hydrogens (primary N) is 1. The van der Waals surface area contributed by atoms with Crippen LogP contribution in [0.2, 0.25) is 0 Å². The SMILES string of the molecule is CC(C)C[C@@H](C(=O)NCC#N)c1cccc(-c2ccc(CN)cc2)c1. The van der Waals surface area contributed by atoms with Crippen LogP contribution in [0.15, 0.2) is 48.5 Å². The Labute approximate surface area is 149 Å². The maximum atomic E-state index is 12.5. The predicted octanol–water partition coefficient (Wildman–Crippen LogP) is 3.58. The summed E-state index contributed by atoms with van der Waals surface area (Å²) >= 11 is 0. The number of rotatable bonds is 7. The summed E-state index contributed by atoms with van der Waals surface area (Å²) in [4.78, 5) is 12.5. The van der Waals surface area contributed by atoms with Crippen LogP contribution in [0.1, 0.15) is 37.3 Å². The summed E-state index contributed by atoms with van der Waals surface area (Å²) in [6, 6.07) is 18.2. The Kier molecular flexibility index (Phi) is 6.73. The Bertz CT molecular complexity index is 744. The van der Waals surface area contributed by atoms with Crippen molar-refractivity contribution in [3.8, 4) is 17.2 Å². The Morgan fingerprint density at radius 1 is 1.16 bits per heavy atom. The molecule has 0 aromatic heterocycles. The molecular weight excluding hydrogens is 310 g/mol. The van der Waals surface area contributed by atoms with E-state index in [1.165, 1.54) is 0 Å². The molecule has 0 spiro atoms. The third kappa shape index (κ3) is 5.17. The number of hydrogen-bond acceptors (Lipinski definition) is 3. The lowest BCUT2D eigenvalue weighted by Gasteiger charge is -2.19. The molecule has 130 valence electrons. The molecular formula is C21H25N3O. The summed E-state index contributed by atoms with van der Waals surface area (Å²) in [6.45, 7) is 4.75. The normalized spacial score (nSPS) is 11.8. The zero-order chi connectivity index (χ0) is 18.2. The van der Waals surface area contributed by atoms with E-state index in [9.17, 15) is 4.79 Å². The third-order valence-corrected chi connectivity index (χ3v) is 4.18. The summed E-state index contributed by atoms with van der Waals surface area (Å²) in [5.74, 6) is 0.0350. The molecule has 3 N–H and O–H groups in total. The highest BCUT2D eigenvalue weighted by Gasteiger charge is 2.22. The fourth-order valence-corrected chi connectivity index (χ4v) is 2.88. The number of nitriles is 1. The molecule has 25 heavy (non-hydrogen) atoms. The lowest BCUT2D eigenvalue weighted by atomic mass is 9.88. The fourth-order valence-electron chi connectivity index (χ4n) is 2.88. The molecule has 0 aliphatic rings. The van der Waals surface area contributed by atoms with E-state index < -0.39 is 0 Å². The van der Waals surface area contributed by atoms with Crippen molar-refractivity contribution in [3.63, 3.8) is 0 Å². The van der Waals surface area contributed by atoms with Gasteiger partial charge in [0.15, 0.2) is 0 Å². The second-order valence-corrected chi connectivity index (χ2v) is 6.58. The first-order valence-corrected chi connectivity index (χ1v) is 8.59. The standard InChI is InChI=1S/C21H25N3O/c1-15(2)12-20(21(25)24-11-10-22)19-5-3-4-18(13-19)17-8-6-16(14-23)7-9-17/h3-9,13,15,20H,11-12,14,23H2,1-2H3,(H,24,25)/t20-/m1/s1. The Balaban J connectivity index is 2.31. The highest BCUT2D eigenvalue weighted by Crippen LogP contribution is 2.28. The summed E-state index contributed by atoms with van der Waals surface area (Å²) in [6.07, 6.45) is 0.743. The molecule has 1 amide bonds. The van der Waals surface area contributed by atoms with E-state index in [0.717, 1.165) is 28.7 Å². The average molecular weight is 335 g/mol. The minimum atomic E-state index is -0.253. The monoisotopic (exact) mass is 335 g/mol. The smallest absolute Gasteiger partial charge is 0.228 e. The largest absolute Gasteiger partial charge is 0.342 e. The van der Waals surface area contributed by atoms with Crippen LogP contribution >= 0.6 is 0 Å². The van der Waals surface area contributed by atoms with Gasteiger partial charge in [0, 0.05) is 6.54 Å². The van der Waals surface area contributed by atoms with E-state index in [1.807, 2.05) is 36.4 Å². The molecule has 2 rings (SSSR count). The zero-order valence-electron chi connectivity index (χ0n) is 14.8. The summed E-state index contributed by atoms with van der Waals surface area (Å²) in [5.41, 5.74) is 9.89. The number of hydrogen-bond donors (Lipinski definition) is 2. The van der Waals surface area contributed by atoms with Gasteiger partial charge in [0.2, 0.25) is 5.91 Å². The van der Waals surface area contributed by atoms with Crippen LogP contribution in [0.25, 0.3) is 11.1 Å². The lowest BCUT2D eigenvalue weighted by Crippen LogP contribution is -2.30. The van der Waals surface area contributed by atoms with E-state index in [1.54, 1.807) is 0 Å². The van der Waals surface area contributed by atoms with Crippen molar-refractivity contribution >= 4 is 5.91 Å². The minimum Gasteiger partial charge on any atom is -0.342 e. The number of carbonyl (C=O) groups excluding carboxylic acids is 1. The number of benzene rings is 2. The molecule has 0 saturated carbocycles. The van der Waals surface area contributed by atoms with E-state index in [-0.39, 0.29) is 18.4 Å². The first-order chi connectivity index (χ1) is 12.0. The molecule has 0 aliphatic heterocycles. The van der Waals surface area contributed by atoms with Crippen molar-refractivity contribution < 1.29 is 4.79 Å². The number of nitrogens with one attached hydrogen (secondary N) is 1. The highest BCUT2D eigenvalue weighted by molar-refractivity contribution is 5.84. The van der Waals surface area contributed by atoms with Gasteiger partial charge >= 0.3 is 0 Å². The molecule has 4 nitrogen and oxygen atoms in total. The van der Waals surface area contributed by atoms with Gasteiger partial charge in [0.1, 0.15) is 6.54 Å². The molecule has 4 heteroatoms. The van der Waals surface area contributed by atoms with Gasteiger partial charge in [-0.3, -0.25) is 4.79 Å². The van der Waals surface area contributed by atoms with Crippen molar-refractivity contribution in [1.82, 2.24) is 5.32 Å². The maximum absolute atomic E-state index is 12.5. The van der Waals surface area contributed by atoms with Crippen LogP contribution in [0.3, 0.4) is 0 Å². The van der Waals surface area contributed by atoms with Crippen molar-refractivity contribution in [2.45, 2.75) is 32.7 Å². The van der Waals surface area contributed by atoms with Crippen LogP contribution in [0.5, 0.6) is 0 Å². The predicted molar refractivity (Wildman–Crippen MR) is 101 cm³/mol. The lowest BCUT2D eigenvalue weighted by molar-refractivity contribution is -0.122. The highest BCUT2D eigenvalue weighted by atomic mass is 16.1. The van der Waals surface area contributed by atoms with Gasteiger partial charge in [-0.25, -0.2) is 0 Å². The van der Waals surface area contributed by atoms with Crippen LogP contribution in [-0.2, 0) is 11.3 Å². The summed E-state index contributed by atoms with van der Waals surface area (Å²) < 4.78 is 0.